The average Bonchev–Trinajstić information content (AvgIpc) is 2.64. The molecule has 3 aromatic rings. The second-order valence-electron chi connectivity index (χ2n) is 5.41. The molecule has 2 aromatic carbocycles. The van der Waals surface area contributed by atoms with E-state index in [0.717, 1.165) is 29.3 Å². The van der Waals surface area contributed by atoms with Crippen molar-refractivity contribution in [2.24, 2.45) is 10.7 Å². The van der Waals surface area contributed by atoms with Gasteiger partial charge in [0, 0.05) is 36.6 Å². The van der Waals surface area contributed by atoms with Crippen LogP contribution in [0.25, 0.3) is 0 Å². The van der Waals surface area contributed by atoms with E-state index in [4.69, 9.17) is 10.5 Å². The Hall–Kier alpha value is -3.34. The van der Waals surface area contributed by atoms with Gasteiger partial charge in [0.2, 0.25) is 0 Å². The molecular weight excluding hydrogens is 312 g/mol. The smallest absolute Gasteiger partial charge is 0.193 e. The SMILES string of the molecule is NC(=NCCc1ccccn1)Nc1cccc(Oc2ccccc2)c1. The van der Waals surface area contributed by atoms with Crippen molar-refractivity contribution in [1.82, 2.24) is 4.98 Å². The summed E-state index contributed by atoms with van der Waals surface area (Å²) in [5.74, 6) is 1.89. The molecule has 0 aliphatic heterocycles. The minimum Gasteiger partial charge on any atom is -0.457 e. The topological polar surface area (TPSA) is 72.5 Å². The molecule has 0 amide bonds. The number of benzene rings is 2. The highest BCUT2D eigenvalue weighted by Gasteiger charge is 2.00. The second-order valence-corrected chi connectivity index (χ2v) is 5.41. The molecule has 126 valence electrons. The predicted octanol–water partition coefficient (Wildman–Crippen LogP) is 3.84. The molecule has 5 heteroatoms. The quantitative estimate of drug-likeness (QED) is 0.531. The van der Waals surface area contributed by atoms with Gasteiger partial charge >= 0.3 is 0 Å². The van der Waals surface area contributed by atoms with E-state index in [1.807, 2.05) is 72.8 Å². The van der Waals surface area contributed by atoms with Gasteiger partial charge < -0.3 is 15.8 Å². The van der Waals surface area contributed by atoms with Crippen LogP contribution in [0.15, 0.2) is 84.0 Å². The maximum atomic E-state index is 5.95. The first kappa shape index (κ1) is 16.5. The van der Waals surface area contributed by atoms with Gasteiger partial charge in [0.25, 0.3) is 0 Å². The van der Waals surface area contributed by atoms with Crippen LogP contribution in [0.4, 0.5) is 5.69 Å². The van der Waals surface area contributed by atoms with E-state index in [1.54, 1.807) is 6.20 Å². The molecule has 0 saturated heterocycles. The van der Waals surface area contributed by atoms with Crippen molar-refractivity contribution < 1.29 is 4.74 Å². The molecule has 0 fully saturated rings. The molecule has 3 rings (SSSR count). The van der Waals surface area contributed by atoms with Gasteiger partial charge in [0.15, 0.2) is 5.96 Å². The van der Waals surface area contributed by atoms with Crippen molar-refractivity contribution in [2.45, 2.75) is 6.42 Å². The van der Waals surface area contributed by atoms with E-state index in [-0.39, 0.29) is 0 Å². The highest BCUT2D eigenvalue weighted by molar-refractivity contribution is 5.92. The summed E-state index contributed by atoms with van der Waals surface area (Å²) in [7, 11) is 0. The molecule has 0 aliphatic carbocycles. The third kappa shape index (κ3) is 5.35. The van der Waals surface area contributed by atoms with E-state index in [1.165, 1.54) is 0 Å². The fourth-order valence-corrected chi connectivity index (χ4v) is 2.29. The lowest BCUT2D eigenvalue weighted by Crippen LogP contribution is -2.23. The van der Waals surface area contributed by atoms with Crippen LogP contribution >= 0.6 is 0 Å². The number of ether oxygens (including phenoxy) is 1. The van der Waals surface area contributed by atoms with Crippen LogP contribution in [-0.4, -0.2) is 17.5 Å². The summed E-state index contributed by atoms with van der Waals surface area (Å²) >= 11 is 0. The summed E-state index contributed by atoms with van der Waals surface area (Å²) in [6, 6.07) is 23.1. The minimum absolute atomic E-state index is 0.368. The number of nitrogens with two attached hydrogens (primary N) is 1. The lowest BCUT2D eigenvalue weighted by Gasteiger charge is -2.09. The maximum Gasteiger partial charge on any atom is 0.193 e. The van der Waals surface area contributed by atoms with Crippen molar-refractivity contribution in [2.75, 3.05) is 11.9 Å². The number of nitrogens with zero attached hydrogens (tertiary/aromatic N) is 2. The second kappa shape index (κ2) is 8.49. The van der Waals surface area contributed by atoms with E-state index < -0.39 is 0 Å². The lowest BCUT2D eigenvalue weighted by atomic mass is 10.3. The monoisotopic (exact) mass is 332 g/mol. The standard InChI is InChI=1S/C20H20N4O/c21-20(23-14-12-16-7-4-5-13-22-16)24-17-8-6-11-19(15-17)25-18-9-2-1-3-10-18/h1-11,13,15H,12,14H2,(H3,21,23,24). The van der Waals surface area contributed by atoms with Gasteiger partial charge in [0.1, 0.15) is 11.5 Å². The van der Waals surface area contributed by atoms with Crippen molar-refractivity contribution in [1.29, 1.82) is 0 Å². The number of anilines is 1. The Labute approximate surface area is 147 Å². The summed E-state index contributed by atoms with van der Waals surface area (Å²) in [5.41, 5.74) is 7.77. The first-order chi connectivity index (χ1) is 12.3. The molecule has 0 spiro atoms. The number of guanidine groups is 1. The van der Waals surface area contributed by atoms with Crippen molar-refractivity contribution >= 4 is 11.6 Å². The van der Waals surface area contributed by atoms with Crippen LogP contribution in [0.2, 0.25) is 0 Å². The number of para-hydroxylation sites is 1. The Morgan fingerprint density at radius 1 is 0.960 bits per heavy atom. The Kier molecular flexibility index (Phi) is 5.61. The molecule has 3 N–H and O–H groups in total. The number of hydrogen-bond acceptors (Lipinski definition) is 3. The van der Waals surface area contributed by atoms with E-state index in [2.05, 4.69) is 15.3 Å². The fraction of sp³-hybridized carbons (Fsp3) is 0.100. The van der Waals surface area contributed by atoms with Crippen LogP contribution in [0, 0.1) is 0 Å². The molecule has 0 atom stereocenters. The number of hydrogen-bond donors (Lipinski definition) is 2. The van der Waals surface area contributed by atoms with E-state index in [0.29, 0.717) is 12.5 Å². The summed E-state index contributed by atoms with van der Waals surface area (Å²) in [4.78, 5) is 8.59. The predicted molar refractivity (Wildman–Crippen MR) is 101 cm³/mol. The maximum absolute atomic E-state index is 5.95. The van der Waals surface area contributed by atoms with Crippen LogP contribution in [0.5, 0.6) is 11.5 Å². The summed E-state index contributed by atoms with van der Waals surface area (Å²) < 4.78 is 5.81. The summed E-state index contributed by atoms with van der Waals surface area (Å²) in [5, 5.41) is 3.08. The normalized spacial score (nSPS) is 11.1. The van der Waals surface area contributed by atoms with E-state index >= 15 is 0 Å². The van der Waals surface area contributed by atoms with Crippen molar-refractivity contribution in [3.63, 3.8) is 0 Å². The van der Waals surface area contributed by atoms with Gasteiger partial charge in [-0.2, -0.15) is 0 Å². The van der Waals surface area contributed by atoms with Gasteiger partial charge in [-0.3, -0.25) is 9.98 Å². The number of aromatic nitrogens is 1. The molecular formula is C20H20N4O. The first-order valence-electron chi connectivity index (χ1n) is 8.09. The summed E-state index contributed by atoms with van der Waals surface area (Å²) in [6.45, 7) is 0.579. The minimum atomic E-state index is 0.368. The molecule has 5 nitrogen and oxygen atoms in total. The largest absolute Gasteiger partial charge is 0.457 e. The Bertz CT molecular complexity index is 819. The Morgan fingerprint density at radius 3 is 2.56 bits per heavy atom. The highest BCUT2D eigenvalue weighted by Crippen LogP contribution is 2.23. The molecule has 1 heterocycles. The van der Waals surface area contributed by atoms with Gasteiger partial charge in [-0.15, -0.1) is 0 Å². The molecule has 1 aromatic heterocycles. The van der Waals surface area contributed by atoms with Gasteiger partial charge in [-0.1, -0.05) is 30.3 Å². The van der Waals surface area contributed by atoms with Gasteiger partial charge in [0.05, 0.1) is 0 Å². The zero-order valence-electron chi connectivity index (χ0n) is 13.8. The molecule has 25 heavy (non-hydrogen) atoms. The molecule has 0 unspecified atom stereocenters. The number of rotatable bonds is 6. The zero-order chi connectivity index (χ0) is 17.3. The lowest BCUT2D eigenvalue weighted by molar-refractivity contribution is 0.483. The van der Waals surface area contributed by atoms with Crippen LogP contribution in [-0.2, 0) is 6.42 Å². The summed E-state index contributed by atoms with van der Waals surface area (Å²) in [6.07, 6.45) is 2.53. The third-order valence-corrected chi connectivity index (χ3v) is 3.46. The number of pyridine rings is 1. The van der Waals surface area contributed by atoms with E-state index in [9.17, 15) is 0 Å². The molecule has 0 bridgehead atoms. The molecule has 0 saturated carbocycles. The van der Waals surface area contributed by atoms with Crippen LogP contribution in [0.3, 0.4) is 0 Å². The van der Waals surface area contributed by atoms with Crippen LogP contribution in [0.1, 0.15) is 5.69 Å². The van der Waals surface area contributed by atoms with Gasteiger partial charge in [-0.25, -0.2) is 0 Å². The number of aliphatic imine (C=N–C) groups is 1. The van der Waals surface area contributed by atoms with Crippen LogP contribution < -0.4 is 15.8 Å². The molecule has 0 aliphatic rings. The number of nitrogens with one attached hydrogen (secondary N) is 1. The molecule has 0 radical (unpaired) electrons. The van der Waals surface area contributed by atoms with Crippen molar-refractivity contribution in [3.05, 3.63) is 84.7 Å². The van der Waals surface area contributed by atoms with Gasteiger partial charge in [-0.05, 0) is 36.4 Å². The Morgan fingerprint density at radius 2 is 1.76 bits per heavy atom. The zero-order valence-corrected chi connectivity index (χ0v) is 13.8. The third-order valence-electron chi connectivity index (χ3n) is 3.46. The average molecular weight is 332 g/mol. The van der Waals surface area contributed by atoms with Crippen molar-refractivity contribution in [3.8, 4) is 11.5 Å². The highest BCUT2D eigenvalue weighted by atomic mass is 16.5. The first-order valence-corrected chi connectivity index (χ1v) is 8.09. The fourth-order valence-electron chi connectivity index (χ4n) is 2.29. The Balaban J connectivity index is 1.56.